The van der Waals surface area contributed by atoms with Crippen LogP contribution in [0.5, 0.6) is 11.5 Å². The fraction of sp³-hybridized carbons (Fsp3) is 0.273. The molecule has 3 amide bonds. The number of hydrazone groups is 1. The maximum atomic E-state index is 12.2. The molecule has 2 aromatic carbocycles. The van der Waals surface area contributed by atoms with E-state index < -0.39 is 11.8 Å². The van der Waals surface area contributed by atoms with E-state index in [1.54, 1.807) is 32.0 Å². The van der Waals surface area contributed by atoms with Gasteiger partial charge in [0.05, 0.1) is 13.3 Å². The van der Waals surface area contributed by atoms with Crippen LogP contribution in [0.25, 0.3) is 0 Å². The van der Waals surface area contributed by atoms with Gasteiger partial charge in [-0.15, -0.1) is 0 Å². The van der Waals surface area contributed by atoms with Crippen LogP contribution in [0.1, 0.15) is 25.0 Å². The van der Waals surface area contributed by atoms with Gasteiger partial charge in [-0.1, -0.05) is 18.2 Å². The topological polar surface area (TPSA) is 118 Å². The Morgan fingerprint density at radius 3 is 2.48 bits per heavy atom. The first-order valence-corrected chi connectivity index (χ1v) is 9.60. The number of carbonyl (C=O) groups is 3. The molecule has 0 aromatic heterocycles. The van der Waals surface area contributed by atoms with E-state index in [0.717, 1.165) is 11.3 Å². The van der Waals surface area contributed by atoms with E-state index in [4.69, 9.17) is 9.47 Å². The molecule has 3 N–H and O–H groups in total. The van der Waals surface area contributed by atoms with Gasteiger partial charge in [0.25, 0.3) is 5.91 Å². The lowest BCUT2D eigenvalue weighted by Crippen LogP contribution is -2.41. The number of carbonyl (C=O) groups excluding carboxylic acids is 3. The van der Waals surface area contributed by atoms with Crippen LogP contribution in [-0.2, 0) is 14.4 Å². The summed E-state index contributed by atoms with van der Waals surface area (Å²) in [6.07, 6.45) is 1.36. The molecule has 0 fully saturated rings. The van der Waals surface area contributed by atoms with Crippen LogP contribution >= 0.6 is 0 Å². The zero-order valence-electron chi connectivity index (χ0n) is 17.9. The Balaban J connectivity index is 1.93. The molecule has 9 nitrogen and oxygen atoms in total. The molecule has 0 saturated heterocycles. The van der Waals surface area contributed by atoms with Crippen molar-refractivity contribution in [2.45, 2.75) is 26.8 Å². The van der Waals surface area contributed by atoms with Crippen LogP contribution in [0.4, 0.5) is 5.69 Å². The molecule has 9 heteroatoms. The third-order valence-corrected chi connectivity index (χ3v) is 3.97. The zero-order chi connectivity index (χ0) is 22.8. The second-order valence-electron chi connectivity index (χ2n) is 6.89. The lowest BCUT2D eigenvalue weighted by atomic mass is 10.2. The van der Waals surface area contributed by atoms with E-state index in [1.807, 2.05) is 31.2 Å². The number of rotatable bonds is 8. The van der Waals surface area contributed by atoms with Crippen molar-refractivity contribution in [1.29, 1.82) is 0 Å². The lowest BCUT2D eigenvalue weighted by molar-refractivity contribution is -0.139. The number of hydrogen-bond donors (Lipinski definition) is 3. The zero-order valence-corrected chi connectivity index (χ0v) is 17.9. The Hall–Kier alpha value is -3.88. The van der Waals surface area contributed by atoms with Crippen molar-refractivity contribution in [3.8, 4) is 11.5 Å². The number of aryl methyl sites for hydroxylation is 1. The predicted molar refractivity (Wildman–Crippen MR) is 117 cm³/mol. The van der Waals surface area contributed by atoms with Crippen molar-refractivity contribution in [2.24, 2.45) is 5.10 Å². The molecule has 0 spiro atoms. The number of benzene rings is 2. The third-order valence-electron chi connectivity index (χ3n) is 3.97. The smallest absolute Gasteiger partial charge is 0.329 e. The van der Waals surface area contributed by atoms with Crippen LogP contribution in [-0.4, -0.2) is 43.7 Å². The molecular weight excluding hydrogens is 400 g/mol. The number of amides is 3. The van der Waals surface area contributed by atoms with E-state index in [-0.39, 0.29) is 18.6 Å². The fourth-order valence-electron chi connectivity index (χ4n) is 2.47. The highest BCUT2D eigenvalue weighted by Gasteiger charge is 2.13. The first-order chi connectivity index (χ1) is 14.8. The number of anilines is 1. The molecule has 0 aliphatic heterocycles. The number of methoxy groups -OCH3 is 1. The van der Waals surface area contributed by atoms with Gasteiger partial charge in [-0.2, -0.15) is 5.10 Å². The minimum Gasteiger partial charge on any atom is -0.493 e. The van der Waals surface area contributed by atoms with Gasteiger partial charge in [0.1, 0.15) is 0 Å². The van der Waals surface area contributed by atoms with Gasteiger partial charge in [0.15, 0.2) is 18.1 Å². The standard InChI is InChI=1S/C22H26N4O5/c1-14(2)24-21(28)22(29)26-23-12-16-9-10-18(19(11-16)30-4)31-13-20(27)25-17-8-6-5-7-15(17)3/h5-12,14H,13H2,1-4H3,(H,24,28)(H,25,27)(H,26,29)/b23-12-. The largest absolute Gasteiger partial charge is 0.493 e. The van der Waals surface area contributed by atoms with Crippen molar-refractivity contribution in [3.63, 3.8) is 0 Å². The predicted octanol–water partition coefficient (Wildman–Crippen LogP) is 2.00. The minimum atomic E-state index is -0.864. The first kappa shape index (κ1) is 23.4. The number of nitrogens with zero attached hydrogens (tertiary/aromatic N) is 1. The lowest BCUT2D eigenvalue weighted by Gasteiger charge is -2.12. The summed E-state index contributed by atoms with van der Waals surface area (Å²) < 4.78 is 10.9. The van der Waals surface area contributed by atoms with Gasteiger partial charge in [-0.25, -0.2) is 5.43 Å². The number of hydrogen-bond acceptors (Lipinski definition) is 6. The van der Waals surface area contributed by atoms with Crippen molar-refractivity contribution >= 4 is 29.6 Å². The van der Waals surface area contributed by atoms with Crippen LogP contribution in [0.3, 0.4) is 0 Å². The van der Waals surface area contributed by atoms with E-state index in [2.05, 4.69) is 21.2 Å². The van der Waals surface area contributed by atoms with Crippen LogP contribution in [0, 0.1) is 6.92 Å². The summed E-state index contributed by atoms with van der Waals surface area (Å²) in [6, 6.07) is 12.2. The normalized spacial score (nSPS) is 10.6. The Morgan fingerprint density at radius 1 is 1.06 bits per heavy atom. The van der Waals surface area contributed by atoms with Crippen molar-refractivity contribution in [2.75, 3.05) is 19.0 Å². The summed E-state index contributed by atoms with van der Waals surface area (Å²) in [5.41, 5.74) is 4.42. The molecule has 2 aromatic rings. The summed E-state index contributed by atoms with van der Waals surface area (Å²) in [5.74, 6) is -1.17. The Morgan fingerprint density at radius 2 is 1.81 bits per heavy atom. The van der Waals surface area contributed by atoms with Crippen LogP contribution < -0.4 is 25.5 Å². The molecular formula is C22H26N4O5. The molecule has 0 aliphatic carbocycles. The SMILES string of the molecule is COc1cc(/C=N\NC(=O)C(=O)NC(C)C)ccc1OCC(=O)Nc1ccccc1C. The minimum absolute atomic E-state index is 0.155. The van der Waals surface area contributed by atoms with Crippen molar-refractivity contribution < 1.29 is 23.9 Å². The highest BCUT2D eigenvalue weighted by molar-refractivity contribution is 6.35. The van der Waals surface area contributed by atoms with E-state index >= 15 is 0 Å². The monoisotopic (exact) mass is 426 g/mol. The van der Waals surface area contributed by atoms with E-state index in [1.165, 1.54) is 13.3 Å². The average Bonchev–Trinajstić information content (AvgIpc) is 2.73. The van der Waals surface area contributed by atoms with Crippen molar-refractivity contribution in [1.82, 2.24) is 10.7 Å². The van der Waals surface area contributed by atoms with E-state index in [0.29, 0.717) is 17.1 Å². The maximum absolute atomic E-state index is 12.2. The second-order valence-corrected chi connectivity index (χ2v) is 6.89. The molecule has 0 saturated carbocycles. The van der Waals surface area contributed by atoms with Gasteiger partial charge in [0, 0.05) is 11.7 Å². The molecule has 0 aliphatic rings. The van der Waals surface area contributed by atoms with Crippen LogP contribution in [0.15, 0.2) is 47.6 Å². The van der Waals surface area contributed by atoms with Crippen molar-refractivity contribution in [3.05, 3.63) is 53.6 Å². The van der Waals surface area contributed by atoms with Gasteiger partial charge in [-0.3, -0.25) is 14.4 Å². The Kier molecular flexibility index (Phi) is 8.56. The van der Waals surface area contributed by atoms with Gasteiger partial charge >= 0.3 is 11.8 Å². The molecule has 0 bridgehead atoms. The summed E-state index contributed by atoms with van der Waals surface area (Å²) in [6.45, 7) is 5.20. The first-order valence-electron chi connectivity index (χ1n) is 9.60. The number of ether oxygens (including phenoxy) is 2. The fourth-order valence-corrected chi connectivity index (χ4v) is 2.47. The van der Waals surface area contributed by atoms with Gasteiger partial charge < -0.3 is 20.1 Å². The molecule has 31 heavy (non-hydrogen) atoms. The molecule has 0 unspecified atom stereocenters. The quantitative estimate of drug-likeness (QED) is 0.339. The highest BCUT2D eigenvalue weighted by Crippen LogP contribution is 2.27. The second kappa shape index (κ2) is 11.3. The summed E-state index contributed by atoms with van der Waals surface area (Å²) in [4.78, 5) is 35.3. The summed E-state index contributed by atoms with van der Waals surface area (Å²) >= 11 is 0. The van der Waals surface area contributed by atoms with Gasteiger partial charge in [-0.05, 0) is 56.2 Å². The average molecular weight is 426 g/mol. The molecule has 0 atom stereocenters. The number of para-hydroxylation sites is 1. The molecule has 164 valence electrons. The van der Waals surface area contributed by atoms with E-state index in [9.17, 15) is 14.4 Å². The van der Waals surface area contributed by atoms with Crippen LogP contribution in [0.2, 0.25) is 0 Å². The maximum Gasteiger partial charge on any atom is 0.329 e. The Labute approximate surface area is 180 Å². The third kappa shape index (κ3) is 7.46. The molecule has 0 radical (unpaired) electrons. The highest BCUT2D eigenvalue weighted by atomic mass is 16.5. The Bertz CT molecular complexity index is 972. The summed E-state index contributed by atoms with van der Waals surface area (Å²) in [5, 5.41) is 9.01. The summed E-state index contributed by atoms with van der Waals surface area (Å²) in [7, 11) is 1.47. The number of nitrogens with one attached hydrogen (secondary N) is 3. The van der Waals surface area contributed by atoms with Gasteiger partial charge in [0.2, 0.25) is 0 Å². The molecule has 0 heterocycles. The molecule has 2 rings (SSSR count).